The first-order valence-electron chi connectivity index (χ1n) is 6.38. The van der Waals surface area contributed by atoms with E-state index >= 15 is 0 Å². The van der Waals surface area contributed by atoms with Gasteiger partial charge in [0.25, 0.3) is 0 Å². The molecule has 0 radical (unpaired) electrons. The van der Waals surface area contributed by atoms with Crippen LogP contribution < -0.4 is 4.74 Å². The molecule has 0 amide bonds. The van der Waals surface area contributed by atoms with E-state index < -0.39 is 0 Å². The Balaban J connectivity index is 1.81. The molecule has 1 aliphatic heterocycles. The standard InChI is InChI=1S/C15H21NO/c1-3-13(2)16-11-9-15(10-12-16)17-14-7-5-4-6-8-14/h3-8,13,15H,1,9-12H2,2H3. The Morgan fingerprint density at radius 3 is 2.53 bits per heavy atom. The molecule has 2 heteroatoms. The van der Waals surface area contributed by atoms with Crippen LogP contribution in [0.1, 0.15) is 19.8 Å². The molecule has 2 nitrogen and oxygen atoms in total. The second-order valence-corrected chi connectivity index (χ2v) is 4.64. The van der Waals surface area contributed by atoms with E-state index in [-0.39, 0.29) is 0 Å². The summed E-state index contributed by atoms with van der Waals surface area (Å²) in [5, 5.41) is 0. The summed E-state index contributed by atoms with van der Waals surface area (Å²) in [6, 6.07) is 10.6. The van der Waals surface area contributed by atoms with Gasteiger partial charge in [-0.15, -0.1) is 6.58 Å². The summed E-state index contributed by atoms with van der Waals surface area (Å²) in [6.45, 7) is 8.25. The molecular formula is C15H21NO. The molecule has 0 spiro atoms. The van der Waals surface area contributed by atoms with Crippen molar-refractivity contribution in [1.82, 2.24) is 4.90 Å². The van der Waals surface area contributed by atoms with Gasteiger partial charge in [-0.05, 0) is 31.9 Å². The molecule has 92 valence electrons. The molecule has 1 aliphatic rings. The molecule has 1 unspecified atom stereocenters. The SMILES string of the molecule is C=CC(C)N1CCC(Oc2ccccc2)CC1. The number of hydrogen-bond donors (Lipinski definition) is 0. The van der Waals surface area contributed by atoms with Crippen molar-refractivity contribution in [2.45, 2.75) is 31.9 Å². The maximum Gasteiger partial charge on any atom is 0.119 e. The lowest BCUT2D eigenvalue weighted by molar-refractivity contribution is 0.0903. The summed E-state index contributed by atoms with van der Waals surface area (Å²) in [5.41, 5.74) is 0. The van der Waals surface area contributed by atoms with E-state index in [4.69, 9.17) is 4.74 Å². The predicted molar refractivity (Wildman–Crippen MR) is 71.3 cm³/mol. The van der Waals surface area contributed by atoms with E-state index in [0.717, 1.165) is 31.7 Å². The highest BCUT2D eigenvalue weighted by molar-refractivity contribution is 5.21. The van der Waals surface area contributed by atoms with Crippen LogP contribution in [-0.2, 0) is 0 Å². The van der Waals surface area contributed by atoms with Crippen LogP contribution in [0, 0.1) is 0 Å². The molecule has 17 heavy (non-hydrogen) atoms. The number of ether oxygens (including phenoxy) is 1. The van der Waals surface area contributed by atoms with E-state index in [2.05, 4.69) is 18.4 Å². The lowest BCUT2D eigenvalue weighted by Crippen LogP contribution is -2.42. The molecule has 0 aliphatic carbocycles. The van der Waals surface area contributed by atoms with Crippen LogP contribution in [0.2, 0.25) is 0 Å². The molecule has 0 bridgehead atoms. The summed E-state index contributed by atoms with van der Waals surface area (Å²) in [6.07, 6.45) is 4.59. The largest absolute Gasteiger partial charge is 0.490 e. The van der Waals surface area contributed by atoms with Crippen LogP contribution in [0.25, 0.3) is 0 Å². The van der Waals surface area contributed by atoms with Crippen molar-refractivity contribution >= 4 is 0 Å². The van der Waals surface area contributed by atoms with Gasteiger partial charge in [0.1, 0.15) is 11.9 Å². The Morgan fingerprint density at radius 1 is 1.29 bits per heavy atom. The van der Waals surface area contributed by atoms with Crippen LogP contribution in [0.4, 0.5) is 0 Å². The molecule has 1 aromatic carbocycles. The van der Waals surface area contributed by atoms with Crippen LogP contribution in [-0.4, -0.2) is 30.1 Å². The zero-order valence-electron chi connectivity index (χ0n) is 10.5. The quantitative estimate of drug-likeness (QED) is 0.738. The third kappa shape index (κ3) is 3.34. The average Bonchev–Trinajstić information content (AvgIpc) is 2.40. The van der Waals surface area contributed by atoms with E-state index in [1.54, 1.807) is 0 Å². The number of rotatable bonds is 4. The minimum atomic E-state index is 0.366. The molecule has 0 saturated carbocycles. The summed E-state index contributed by atoms with van der Waals surface area (Å²) >= 11 is 0. The van der Waals surface area contributed by atoms with Gasteiger partial charge >= 0.3 is 0 Å². The Kier molecular flexibility index (Phi) is 4.21. The van der Waals surface area contributed by atoms with Gasteiger partial charge in [-0.2, -0.15) is 0 Å². The lowest BCUT2D eigenvalue weighted by atomic mass is 10.1. The number of likely N-dealkylation sites (tertiary alicyclic amines) is 1. The van der Waals surface area contributed by atoms with Crippen molar-refractivity contribution in [3.63, 3.8) is 0 Å². The molecule has 1 fully saturated rings. The molecule has 1 saturated heterocycles. The zero-order valence-corrected chi connectivity index (χ0v) is 10.5. The second kappa shape index (κ2) is 5.87. The first kappa shape index (κ1) is 12.2. The summed E-state index contributed by atoms with van der Waals surface area (Å²) in [5.74, 6) is 0.989. The highest BCUT2D eigenvalue weighted by Crippen LogP contribution is 2.19. The van der Waals surface area contributed by atoms with Gasteiger partial charge in [0.05, 0.1) is 0 Å². The maximum atomic E-state index is 5.96. The van der Waals surface area contributed by atoms with Crippen molar-refractivity contribution in [2.75, 3.05) is 13.1 Å². The fourth-order valence-electron chi connectivity index (χ4n) is 2.24. The van der Waals surface area contributed by atoms with Crippen molar-refractivity contribution in [3.05, 3.63) is 43.0 Å². The summed E-state index contributed by atoms with van der Waals surface area (Å²) in [4.78, 5) is 2.46. The van der Waals surface area contributed by atoms with Crippen molar-refractivity contribution in [1.29, 1.82) is 0 Å². The molecule has 0 N–H and O–H groups in total. The third-order valence-corrected chi connectivity index (χ3v) is 3.44. The molecule has 2 rings (SSSR count). The first-order valence-corrected chi connectivity index (χ1v) is 6.38. The molecule has 1 heterocycles. The van der Waals surface area contributed by atoms with Crippen LogP contribution in [0.15, 0.2) is 43.0 Å². The van der Waals surface area contributed by atoms with E-state index in [1.165, 1.54) is 0 Å². The van der Waals surface area contributed by atoms with Crippen molar-refractivity contribution in [2.24, 2.45) is 0 Å². The van der Waals surface area contributed by atoms with Crippen LogP contribution in [0.3, 0.4) is 0 Å². The minimum absolute atomic E-state index is 0.366. The van der Waals surface area contributed by atoms with Gasteiger partial charge in [0.15, 0.2) is 0 Å². The Labute approximate surface area is 104 Å². The number of benzene rings is 1. The lowest BCUT2D eigenvalue weighted by Gasteiger charge is -2.34. The fourth-order valence-corrected chi connectivity index (χ4v) is 2.24. The van der Waals surface area contributed by atoms with Crippen LogP contribution >= 0.6 is 0 Å². The normalized spacial score (nSPS) is 19.8. The summed E-state index contributed by atoms with van der Waals surface area (Å²) in [7, 11) is 0. The van der Waals surface area contributed by atoms with E-state index in [0.29, 0.717) is 12.1 Å². The van der Waals surface area contributed by atoms with Gasteiger partial charge in [-0.25, -0.2) is 0 Å². The molecule has 1 atom stereocenters. The Hall–Kier alpha value is -1.28. The predicted octanol–water partition coefficient (Wildman–Crippen LogP) is 3.10. The number of piperidine rings is 1. The number of para-hydroxylation sites is 1. The highest BCUT2D eigenvalue weighted by Gasteiger charge is 2.22. The highest BCUT2D eigenvalue weighted by atomic mass is 16.5. The molecular weight excluding hydrogens is 210 g/mol. The molecule has 1 aromatic rings. The Bertz CT molecular complexity index is 341. The smallest absolute Gasteiger partial charge is 0.119 e. The third-order valence-electron chi connectivity index (χ3n) is 3.44. The van der Waals surface area contributed by atoms with E-state index in [9.17, 15) is 0 Å². The van der Waals surface area contributed by atoms with Gasteiger partial charge < -0.3 is 4.74 Å². The monoisotopic (exact) mass is 231 g/mol. The first-order chi connectivity index (χ1) is 8.29. The van der Waals surface area contributed by atoms with Crippen LogP contribution in [0.5, 0.6) is 5.75 Å². The summed E-state index contributed by atoms with van der Waals surface area (Å²) < 4.78 is 5.96. The zero-order chi connectivity index (χ0) is 12.1. The van der Waals surface area contributed by atoms with Gasteiger partial charge in [0, 0.05) is 19.1 Å². The topological polar surface area (TPSA) is 12.5 Å². The number of nitrogens with zero attached hydrogens (tertiary/aromatic N) is 1. The van der Waals surface area contributed by atoms with E-state index in [1.807, 2.05) is 36.4 Å². The fraction of sp³-hybridized carbons (Fsp3) is 0.467. The number of hydrogen-bond acceptors (Lipinski definition) is 2. The van der Waals surface area contributed by atoms with Gasteiger partial charge in [0.2, 0.25) is 0 Å². The molecule has 0 aromatic heterocycles. The van der Waals surface area contributed by atoms with Gasteiger partial charge in [-0.3, -0.25) is 4.90 Å². The Morgan fingerprint density at radius 2 is 1.94 bits per heavy atom. The maximum absolute atomic E-state index is 5.96. The average molecular weight is 231 g/mol. The van der Waals surface area contributed by atoms with Gasteiger partial charge in [-0.1, -0.05) is 24.3 Å². The minimum Gasteiger partial charge on any atom is -0.490 e. The van der Waals surface area contributed by atoms with Crippen molar-refractivity contribution in [3.8, 4) is 5.75 Å². The van der Waals surface area contributed by atoms with Crippen molar-refractivity contribution < 1.29 is 4.74 Å². The second-order valence-electron chi connectivity index (χ2n) is 4.64.